The number of halogens is 2. The zero-order chi connectivity index (χ0) is 9.94. The van der Waals surface area contributed by atoms with E-state index in [1.54, 1.807) is 6.92 Å². The van der Waals surface area contributed by atoms with E-state index in [-0.39, 0.29) is 6.42 Å². The Hall–Kier alpha value is -0.520. The zero-order valence-electron chi connectivity index (χ0n) is 6.71. The highest BCUT2D eigenvalue weighted by atomic mass is 32.2. The third-order valence-electron chi connectivity index (χ3n) is 1.44. The van der Waals surface area contributed by atoms with Crippen LogP contribution >= 0.6 is 0 Å². The number of carboxylic acid groups (broad SMARTS) is 1. The second-order valence-electron chi connectivity index (χ2n) is 2.34. The Bertz CT molecular complexity index is 205. The Morgan fingerprint density at radius 2 is 2.08 bits per heavy atom. The summed E-state index contributed by atoms with van der Waals surface area (Å²) < 4.78 is 35.8. The van der Waals surface area contributed by atoms with Gasteiger partial charge < -0.3 is 5.11 Å². The molecule has 72 valence electrons. The van der Waals surface area contributed by atoms with Gasteiger partial charge in [-0.3, -0.25) is 4.21 Å². The predicted octanol–water partition coefficient (Wildman–Crippen LogP) is 1.21. The largest absolute Gasteiger partial charge is 0.476 e. The second-order valence-corrected chi connectivity index (χ2v) is 4.25. The molecule has 0 aliphatic carbocycles. The molecule has 0 aromatic heterocycles. The van der Waals surface area contributed by atoms with Crippen molar-refractivity contribution < 1.29 is 22.9 Å². The van der Waals surface area contributed by atoms with Crippen LogP contribution in [0.4, 0.5) is 8.78 Å². The van der Waals surface area contributed by atoms with Crippen LogP contribution in [0.2, 0.25) is 0 Å². The van der Waals surface area contributed by atoms with Gasteiger partial charge in [0.15, 0.2) is 0 Å². The molecule has 0 aliphatic rings. The van der Waals surface area contributed by atoms with Crippen LogP contribution in [0.1, 0.15) is 20.3 Å². The Morgan fingerprint density at radius 1 is 1.67 bits per heavy atom. The molecule has 3 nitrogen and oxygen atoms in total. The fourth-order valence-corrected chi connectivity index (χ4v) is 1.47. The van der Waals surface area contributed by atoms with Crippen LogP contribution in [0.15, 0.2) is 0 Å². The molecule has 0 aromatic rings. The van der Waals surface area contributed by atoms with Gasteiger partial charge in [-0.15, -0.1) is 0 Å². The molecule has 0 amide bonds. The average Bonchev–Trinajstić information content (AvgIpc) is 2.01. The van der Waals surface area contributed by atoms with E-state index in [4.69, 9.17) is 5.11 Å². The highest BCUT2D eigenvalue weighted by Gasteiger charge is 2.47. The molecule has 0 rings (SSSR count). The fraction of sp³-hybridized carbons (Fsp3) is 0.833. The monoisotopic (exact) mass is 200 g/mol. The lowest BCUT2D eigenvalue weighted by Crippen LogP contribution is -2.37. The van der Waals surface area contributed by atoms with E-state index in [1.165, 1.54) is 6.92 Å². The summed E-state index contributed by atoms with van der Waals surface area (Å²) in [6.07, 6.45) is 0.259. The van der Waals surface area contributed by atoms with Crippen molar-refractivity contribution in [3.8, 4) is 0 Å². The molecule has 0 spiro atoms. The Balaban J connectivity index is 4.57. The van der Waals surface area contributed by atoms with Gasteiger partial charge in [0.2, 0.25) is 0 Å². The van der Waals surface area contributed by atoms with E-state index >= 15 is 0 Å². The van der Waals surface area contributed by atoms with Crippen LogP contribution in [-0.4, -0.2) is 25.8 Å². The molecule has 0 fully saturated rings. The summed E-state index contributed by atoms with van der Waals surface area (Å²) in [6.45, 7) is 2.90. The first kappa shape index (κ1) is 11.5. The van der Waals surface area contributed by atoms with Crippen LogP contribution in [0.25, 0.3) is 0 Å². The number of carboxylic acids is 1. The Kier molecular flexibility index (Phi) is 3.76. The Labute approximate surface area is 71.2 Å². The van der Waals surface area contributed by atoms with Crippen molar-refractivity contribution in [3.05, 3.63) is 0 Å². The first-order chi connectivity index (χ1) is 5.34. The molecule has 6 heteroatoms. The smallest absolute Gasteiger partial charge is 0.415 e. The van der Waals surface area contributed by atoms with Crippen LogP contribution in [-0.2, 0) is 15.6 Å². The first-order valence-electron chi connectivity index (χ1n) is 3.35. The third-order valence-corrected chi connectivity index (χ3v) is 3.19. The topological polar surface area (TPSA) is 54.4 Å². The van der Waals surface area contributed by atoms with Crippen LogP contribution in [0.3, 0.4) is 0 Å². The molecule has 0 radical (unpaired) electrons. The molecule has 0 aliphatic heterocycles. The molecule has 0 saturated heterocycles. The molecular formula is C6H10F2O3S. The van der Waals surface area contributed by atoms with Gasteiger partial charge >= 0.3 is 11.2 Å². The van der Waals surface area contributed by atoms with Gasteiger partial charge in [-0.1, -0.05) is 13.8 Å². The van der Waals surface area contributed by atoms with E-state index in [0.29, 0.717) is 0 Å². The molecule has 0 bridgehead atoms. The summed E-state index contributed by atoms with van der Waals surface area (Å²) in [7, 11) is -2.64. The van der Waals surface area contributed by atoms with Gasteiger partial charge in [0.1, 0.15) is 10.8 Å². The van der Waals surface area contributed by atoms with Crippen molar-refractivity contribution in [2.24, 2.45) is 0 Å². The minimum atomic E-state index is -4.13. The lowest BCUT2D eigenvalue weighted by molar-refractivity contribution is -0.153. The van der Waals surface area contributed by atoms with E-state index in [9.17, 15) is 17.8 Å². The van der Waals surface area contributed by atoms with Crippen LogP contribution in [0.5, 0.6) is 0 Å². The van der Waals surface area contributed by atoms with Gasteiger partial charge in [-0.2, -0.15) is 8.78 Å². The fourth-order valence-electron chi connectivity index (χ4n) is 0.490. The van der Waals surface area contributed by atoms with Crippen molar-refractivity contribution in [1.29, 1.82) is 0 Å². The second kappa shape index (κ2) is 3.93. The number of hydrogen-bond donors (Lipinski definition) is 1. The van der Waals surface area contributed by atoms with Gasteiger partial charge in [0.25, 0.3) is 0 Å². The number of aliphatic carboxylic acids is 1. The molecule has 0 saturated carbocycles. The van der Waals surface area contributed by atoms with Gasteiger partial charge in [-0.25, -0.2) is 4.79 Å². The lowest BCUT2D eigenvalue weighted by atomic mass is 10.4. The van der Waals surface area contributed by atoms with E-state index in [0.717, 1.165) is 0 Å². The number of carbonyl (C=O) groups is 1. The van der Waals surface area contributed by atoms with Gasteiger partial charge in [0, 0.05) is 5.25 Å². The minimum Gasteiger partial charge on any atom is -0.476 e. The maximum absolute atomic E-state index is 12.5. The highest BCUT2D eigenvalue weighted by molar-refractivity contribution is 7.87. The summed E-state index contributed by atoms with van der Waals surface area (Å²) in [5.41, 5.74) is 0. The van der Waals surface area contributed by atoms with Crippen molar-refractivity contribution in [3.63, 3.8) is 0 Å². The van der Waals surface area contributed by atoms with Crippen LogP contribution < -0.4 is 0 Å². The molecule has 12 heavy (non-hydrogen) atoms. The molecule has 1 N–H and O–H groups in total. The number of alkyl halides is 2. The third kappa shape index (κ3) is 2.23. The summed E-state index contributed by atoms with van der Waals surface area (Å²) in [6, 6.07) is 0. The Morgan fingerprint density at radius 3 is 2.33 bits per heavy atom. The number of rotatable bonds is 4. The van der Waals surface area contributed by atoms with Gasteiger partial charge in [-0.05, 0) is 6.42 Å². The lowest BCUT2D eigenvalue weighted by Gasteiger charge is -2.14. The summed E-state index contributed by atoms with van der Waals surface area (Å²) >= 11 is 0. The van der Waals surface area contributed by atoms with Crippen LogP contribution in [0, 0.1) is 0 Å². The molecule has 2 atom stereocenters. The summed E-state index contributed by atoms with van der Waals surface area (Å²) in [4.78, 5) is 9.94. The SMILES string of the molecule is CCC(C)S(=O)C(F)(F)C(=O)O. The predicted molar refractivity (Wildman–Crippen MR) is 40.5 cm³/mol. The van der Waals surface area contributed by atoms with E-state index < -0.39 is 27.3 Å². The van der Waals surface area contributed by atoms with Crippen molar-refractivity contribution in [1.82, 2.24) is 0 Å². The zero-order valence-corrected chi connectivity index (χ0v) is 7.53. The van der Waals surface area contributed by atoms with E-state index in [1.807, 2.05) is 0 Å². The summed E-state index contributed by atoms with van der Waals surface area (Å²) in [5.74, 6) is -2.33. The highest BCUT2D eigenvalue weighted by Crippen LogP contribution is 2.23. The normalized spacial score (nSPS) is 17.0. The van der Waals surface area contributed by atoms with Gasteiger partial charge in [0.05, 0.1) is 0 Å². The van der Waals surface area contributed by atoms with Crippen molar-refractivity contribution in [2.75, 3.05) is 0 Å². The number of hydrogen-bond acceptors (Lipinski definition) is 2. The van der Waals surface area contributed by atoms with Crippen molar-refractivity contribution in [2.45, 2.75) is 30.8 Å². The summed E-state index contributed by atoms with van der Waals surface area (Å²) in [5, 5.41) is 3.07. The molecule has 0 aromatic carbocycles. The maximum atomic E-state index is 12.5. The average molecular weight is 200 g/mol. The standard InChI is InChI=1S/C6H10F2O3S/c1-3-4(2)12(11)6(7,8)5(9)10/h4H,3H2,1-2H3,(H,9,10). The quantitative estimate of drug-likeness (QED) is 0.742. The van der Waals surface area contributed by atoms with Crippen molar-refractivity contribution >= 4 is 16.8 Å². The first-order valence-corrected chi connectivity index (χ1v) is 4.57. The molecule has 0 heterocycles. The maximum Gasteiger partial charge on any atom is 0.415 e. The minimum absolute atomic E-state index is 0.259. The molecule has 2 unspecified atom stereocenters. The molecular weight excluding hydrogens is 190 g/mol. The van der Waals surface area contributed by atoms with E-state index in [2.05, 4.69) is 0 Å².